The lowest BCUT2D eigenvalue weighted by atomic mass is 10.1. The van der Waals surface area contributed by atoms with Crippen molar-refractivity contribution in [3.05, 3.63) is 17.5 Å². The van der Waals surface area contributed by atoms with Crippen LogP contribution in [0, 0.1) is 6.92 Å². The minimum Gasteiger partial charge on any atom is -0.267 e. The molecule has 0 atom stereocenters. The van der Waals surface area contributed by atoms with Crippen molar-refractivity contribution in [1.29, 1.82) is 0 Å². The van der Waals surface area contributed by atoms with E-state index in [1.165, 1.54) is 0 Å². The van der Waals surface area contributed by atoms with E-state index in [-0.39, 0.29) is 12.1 Å². The fraction of sp³-hybridized carbons (Fsp3) is 0.700. The van der Waals surface area contributed by atoms with Crippen molar-refractivity contribution in [1.82, 2.24) is 9.78 Å². The third kappa shape index (κ3) is 3.61. The number of hydrogen-bond donors (Lipinski definition) is 0. The van der Waals surface area contributed by atoms with Crippen LogP contribution in [0.3, 0.4) is 0 Å². The summed E-state index contributed by atoms with van der Waals surface area (Å²) in [6, 6.07) is 0. The highest BCUT2D eigenvalue weighted by atomic mass is 32.2. The highest BCUT2D eigenvalue weighted by Gasteiger charge is 2.17. The van der Waals surface area contributed by atoms with Gasteiger partial charge in [-0.15, -0.1) is 0 Å². The highest BCUT2D eigenvalue weighted by molar-refractivity contribution is 7.85. The van der Waals surface area contributed by atoms with Crippen molar-refractivity contribution in [3.8, 4) is 0 Å². The van der Waals surface area contributed by atoms with Crippen LogP contribution >= 0.6 is 0 Å². The lowest BCUT2D eigenvalue weighted by Gasteiger charge is -2.18. The second kappa shape index (κ2) is 4.18. The summed E-state index contributed by atoms with van der Waals surface area (Å²) >= 11 is 0. The van der Waals surface area contributed by atoms with Crippen LogP contribution in [0.2, 0.25) is 0 Å². The Balaban J connectivity index is 2.87. The van der Waals surface area contributed by atoms with Gasteiger partial charge in [0.25, 0.3) is 10.1 Å². The second-order valence-electron chi connectivity index (χ2n) is 4.82. The molecule has 0 amide bonds. The molecule has 16 heavy (non-hydrogen) atoms. The van der Waals surface area contributed by atoms with Crippen LogP contribution in [-0.2, 0) is 26.4 Å². The number of aromatic nitrogens is 2. The molecule has 0 spiro atoms. The van der Waals surface area contributed by atoms with Gasteiger partial charge in [0, 0.05) is 11.8 Å². The zero-order valence-corrected chi connectivity index (χ0v) is 11.1. The van der Waals surface area contributed by atoms with Crippen molar-refractivity contribution in [3.63, 3.8) is 0 Å². The van der Waals surface area contributed by atoms with E-state index in [0.717, 1.165) is 17.5 Å². The molecule has 6 heteroatoms. The summed E-state index contributed by atoms with van der Waals surface area (Å²) in [6.07, 6.45) is 2.86. The van der Waals surface area contributed by atoms with Gasteiger partial charge in [-0.2, -0.15) is 13.5 Å². The monoisotopic (exact) mass is 246 g/mol. The van der Waals surface area contributed by atoms with Gasteiger partial charge in [0.05, 0.1) is 24.1 Å². The molecule has 0 aromatic carbocycles. The number of rotatable bonds is 3. The molecular weight excluding hydrogens is 228 g/mol. The summed E-state index contributed by atoms with van der Waals surface area (Å²) in [7, 11) is -3.40. The first-order chi connectivity index (χ1) is 7.09. The normalized spacial score (nSPS) is 13.1. The molecule has 0 bridgehead atoms. The van der Waals surface area contributed by atoms with Crippen molar-refractivity contribution < 1.29 is 12.6 Å². The molecule has 0 unspecified atom stereocenters. The Morgan fingerprint density at radius 2 is 2.00 bits per heavy atom. The van der Waals surface area contributed by atoms with Crippen LogP contribution in [0.15, 0.2) is 6.20 Å². The van der Waals surface area contributed by atoms with E-state index < -0.39 is 10.1 Å². The average Bonchev–Trinajstić information content (AvgIpc) is 2.41. The summed E-state index contributed by atoms with van der Waals surface area (Å²) in [4.78, 5) is 0. The minimum atomic E-state index is -3.40. The Morgan fingerprint density at radius 3 is 2.38 bits per heavy atom. The zero-order chi connectivity index (χ0) is 12.6. The Hall–Kier alpha value is -0.880. The SMILES string of the molecule is Cc1nn(C(C)(C)C)cc1COS(C)(=O)=O. The topological polar surface area (TPSA) is 61.2 Å². The standard InChI is InChI=1S/C10H18N2O3S/c1-8-9(7-15-16(5,13)14)6-12(11-8)10(2,3)4/h6H,7H2,1-5H3. The maximum atomic E-state index is 10.9. The molecule has 0 aliphatic carbocycles. The molecule has 5 nitrogen and oxygen atoms in total. The molecule has 0 radical (unpaired) electrons. The third-order valence-electron chi connectivity index (χ3n) is 2.12. The van der Waals surface area contributed by atoms with Crippen LogP contribution in [0.5, 0.6) is 0 Å². The maximum Gasteiger partial charge on any atom is 0.264 e. The zero-order valence-electron chi connectivity index (χ0n) is 10.3. The molecule has 0 saturated heterocycles. The summed E-state index contributed by atoms with van der Waals surface area (Å²) < 4.78 is 28.3. The van der Waals surface area contributed by atoms with E-state index >= 15 is 0 Å². The van der Waals surface area contributed by atoms with Gasteiger partial charge < -0.3 is 0 Å². The first-order valence-electron chi connectivity index (χ1n) is 4.99. The van der Waals surface area contributed by atoms with Gasteiger partial charge in [0.1, 0.15) is 0 Å². The molecule has 0 aliphatic rings. The highest BCUT2D eigenvalue weighted by Crippen LogP contribution is 2.16. The van der Waals surface area contributed by atoms with Crippen molar-refractivity contribution in [2.75, 3.05) is 6.26 Å². The lowest BCUT2D eigenvalue weighted by molar-refractivity contribution is 0.310. The van der Waals surface area contributed by atoms with Crippen LogP contribution in [0.1, 0.15) is 32.0 Å². The molecular formula is C10H18N2O3S. The number of nitrogens with zero attached hydrogens (tertiary/aromatic N) is 2. The fourth-order valence-electron chi connectivity index (χ4n) is 1.15. The van der Waals surface area contributed by atoms with Crippen LogP contribution in [-0.4, -0.2) is 24.5 Å². The van der Waals surface area contributed by atoms with Gasteiger partial charge in [-0.25, -0.2) is 0 Å². The van der Waals surface area contributed by atoms with Gasteiger partial charge in [-0.3, -0.25) is 8.86 Å². The minimum absolute atomic E-state index is 0.0424. The largest absolute Gasteiger partial charge is 0.267 e. The molecule has 92 valence electrons. The maximum absolute atomic E-state index is 10.9. The predicted molar refractivity (Wildman–Crippen MR) is 61.6 cm³/mol. The van der Waals surface area contributed by atoms with E-state index in [0.29, 0.717) is 0 Å². The first kappa shape index (κ1) is 13.2. The van der Waals surface area contributed by atoms with E-state index in [9.17, 15) is 8.42 Å². The Labute approximate surface area is 96.5 Å². The summed E-state index contributed by atoms with van der Waals surface area (Å²) in [6.45, 7) is 7.96. The van der Waals surface area contributed by atoms with Crippen LogP contribution in [0.25, 0.3) is 0 Å². The molecule has 0 aliphatic heterocycles. The van der Waals surface area contributed by atoms with Crippen LogP contribution < -0.4 is 0 Å². The molecule has 0 fully saturated rings. The number of aryl methyl sites for hydroxylation is 1. The summed E-state index contributed by atoms with van der Waals surface area (Å²) in [5, 5.41) is 4.32. The van der Waals surface area contributed by atoms with Gasteiger partial charge in [-0.1, -0.05) is 0 Å². The first-order valence-corrected chi connectivity index (χ1v) is 6.81. The Kier molecular flexibility index (Phi) is 3.44. The Bertz CT molecular complexity index is 469. The van der Waals surface area contributed by atoms with Gasteiger partial charge in [0.2, 0.25) is 0 Å². The molecule has 0 N–H and O–H groups in total. The molecule has 1 aromatic rings. The average molecular weight is 246 g/mol. The van der Waals surface area contributed by atoms with E-state index in [1.54, 1.807) is 0 Å². The third-order valence-corrected chi connectivity index (χ3v) is 2.66. The van der Waals surface area contributed by atoms with E-state index in [4.69, 9.17) is 4.18 Å². The summed E-state index contributed by atoms with van der Waals surface area (Å²) in [5.74, 6) is 0. The lowest BCUT2D eigenvalue weighted by Crippen LogP contribution is -2.22. The molecule has 1 aromatic heterocycles. The molecule has 0 saturated carbocycles. The quantitative estimate of drug-likeness (QED) is 0.757. The van der Waals surface area contributed by atoms with Gasteiger partial charge in [0.15, 0.2) is 0 Å². The molecule has 1 rings (SSSR count). The second-order valence-corrected chi connectivity index (χ2v) is 6.47. The van der Waals surface area contributed by atoms with E-state index in [2.05, 4.69) is 5.10 Å². The van der Waals surface area contributed by atoms with Crippen molar-refractivity contribution in [2.24, 2.45) is 0 Å². The van der Waals surface area contributed by atoms with Crippen molar-refractivity contribution in [2.45, 2.75) is 39.8 Å². The smallest absolute Gasteiger partial charge is 0.264 e. The van der Waals surface area contributed by atoms with Crippen LogP contribution in [0.4, 0.5) is 0 Å². The molecule has 1 heterocycles. The Morgan fingerprint density at radius 1 is 1.44 bits per heavy atom. The van der Waals surface area contributed by atoms with Gasteiger partial charge >= 0.3 is 0 Å². The van der Waals surface area contributed by atoms with E-state index in [1.807, 2.05) is 38.6 Å². The predicted octanol–water partition coefficient (Wildman–Crippen LogP) is 1.42. The summed E-state index contributed by atoms with van der Waals surface area (Å²) in [5.41, 5.74) is 1.47. The number of hydrogen-bond acceptors (Lipinski definition) is 4. The fourth-order valence-corrected chi connectivity index (χ4v) is 1.49. The van der Waals surface area contributed by atoms with Gasteiger partial charge in [-0.05, 0) is 27.7 Å². The van der Waals surface area contributed by atoms with Crippen molar-refractivity contribution >= 4 is 10.1 Å².